The van der Waals surface area contributed by atoms with Crippen LogP contribution in [-0.4, -0.2) is 94.6 Å². The molecule has 0 bridgehead atoms. The van der Waals surface area contributed by atoms with E-state index in [0.29, 0.717) is 36.7 Å². The minimum absolute atomic E-state index is 0.183. The second kappa shape index (κ2) is 16.1. The van der Waals surface area contributed by atoms with Gasteiger partial charge in [-0.1, -0.05) is 44.2 Å². The molecule has 2 aromatic rings. The fourth-order valence-corrected chi connectivity index (χ4v) is 3.90. The monoisotopic (exact) mass is 604 g/mol. The average molecular weight is 605 g/mol. The minimum atomic E-state index is -5.08. The van der Waals surface area contributed by atoms with Gasteiger partial charge in [0.15, 0.2) is 6.19 Å². The average Bonchev–Trinajstić information content (AvgIpc) is 2.97. The molecule has 1 fully saturated rings. The van der Waals surface area contributed by atoms with Crippen molar-refractivity contribution in [3.05, 3.63) is 65.7 Å². The Hall–Kier alpha value is -4.64. The van der Waals surface area contributed by atoms with Crippen molar-refractivity contribution in [2.45, 2.75) is 33.0 Å². The summed E-state index contributed by atoms with van der Waals surface area (Å²) < 4.78 is 31.7. The molecule has 0 aromatic heterocycles. The lowest BCUT2D eigenvalue weighted by Crippen LogP contribution is -2.49. The number of urea groups is 2. The van der Waals surface area contributed by atoms with Crippen LogP contribution in [0, 0.1) is 17.4 Å². The van der Waals surface area contributed by atoms with Crippen LogP contribution in [-0.2, 0) is 11.3 Å². The van der Waals surface area contributed by atoms with Gasteiger partial charge < -0.3 is 15.3 Å². The number of carboxylic acid groups (broad SMARTS) is 1. The fraction of sp³-hybridized carbons (Fsp3) is 0.414. The van der Waals surface area contributed by atoms with Crippen LogP contribution in [0.5, 0.6) is 0 Å². The molecular weight excluding hydrogens is 569 g/mol. The van der Waals surface area contributed by atoms with Crippen LogP contribution in [0.25, 0.3) is 0 Å². The largest absolute Gasteiger partial charge is 0.490 e. The Balaban J connectivity index is 0.000000821. The number of nitrogens with one attached hydrogen (secondary N) is 1. The first-order valence-electron chi connectivity index (χ1n) is 13.4. The molecule has 0 unspecified atom stereocenters. The van der Waals surface area contributed by atoms with E-state index >= 15 is 0 Å². The van der Waals surface area contributed by atoms with Gasteiger partial charge in [0.05, 0.1) is 0 Å². The third kappa shape index (κ3) is 11.3. The summed E-state index contributed by atoms with van der Waals surface area (Å²) in [6, 6.07) is 15.9. The van der Waals surface area contributed by atoms with E-state index in [2.05, 4.69) is 22.3 Å². The maximum absolute atomic E-state index is 13.0. The van der Waals surface area contributed by atoms with Crippen molar-refractivity contribution in [3.8, 4) is 6.19 Å². The smallest absolute Gasteiger partial charge is 0.475 e. The number of hydrogen-bond acceptors (Lipinski definition) is 6. The zero-order chi connectivity index (χ0) is 32.2. The highest BCUT2D eigenvalue weighted by molar-refractivity contribution is 6.04. The highest BCUT2D eigenvalue weighted by Gasteiger charge is 2.38. The predicted molar refractivity (Wildman–Crippen MR) is 152 cm³/mol. The summed E-state index contributed by atoms with van der Waals surface area (Å²) in [5, 5.41) is 19.1. The van der Waals surface area contributed by atoms with E-state index in [1.807, 2.05) is 32.0 Å². The molecule has 232 valence electrons. The summed E-state index contributed by atoms with van der Waals surface area (Å²) in [6.45, 7) is 7.95. The molecule has 14 heteroatoms. The van der Waals surface area contributed by atoms with Gasteiger partial charge in [-0.2, -0.15) is 18.4 Å². The van der Waals surface area contributed by atoms with Gasteiger partial charge in [0.2, 0.25) is 0 Å². The maximum atomic E-state index is 13.0. The molecule has 5 amide bonds. The molecular formula is C29H35F3N6O5. The highest BCUT2D eigenvalue weighted by Crippen LogP contribution is 2.16. The first-order chi connectivity index (χ1) is 20.2. The van der Waals surface area contributed by atoms with E-state index in [1.165, 1.54) is 12.6 Å². The minimum Gasteiger partial charge on any atom is -0.475 e. The Bertz CT molecular complexity index is 1270. The van der Waals surface area contributed by atoms with E-state index in [9.17, 15) is 27.6 Å². The quantitative estimate of drug-likeness (QED) is 0.346. The molecule has 1 saturated heterocycles. The number of halogens is 3. The zero-order valence-electron chi connectivity index (χ0n) is 24.2. The van der Waals surface area contributed by atoms with Crippen LogP contribution in [0.15, 0.2) is 54.6 Å². The van der Waals surface area contributed by atoms with Gasteiger partial charge in [0.1, 0.15) is 0 Å². The number of carbonyl (C=O) groups is 4. The number of alkyl halides is 3. The molecule has 11 nitrogen and oxygen atoms in total. The number of amides is 5. The lowest BCUT2D eigenvalue weighted by molar-refractivity contribution is -0.192. The maximum Gasteiger partial charge on any atom is 0.490 e. The van der Waals surface area contributed by atoms with E-state index in [4.69, 9.17) is 15.2 Å². The predicted octanol–water partition coefficient (Wildman–Crippen LogP) is 4.69. The molecule has 1 heterocycles. The molecule has 0 spiro atoms. The number of nitrogens with zero attached hydrogens (tertiary/aromatic N) is 5. The Morgan fingerprint density at radius 1 is 1.00 bits per heavy atom. The lowest BCUT2D eigenvalue weighted by atomic mass is 10.1. The Labute approximate surface area is 248 Å². The van der Waals surface area contributed by atoms with Crippen molar-refractivity contribution in [1.29, 1.82) is 5.26 Å². The van der Waals surface area contributed by atoms with E-state index in [1.54, 1.807) is 35.4 Å². The van der Waals surface area contributed by atoms with Crippen molar-refractivity contribution in [3.63, 3.8) is 0 Å². The first kappa shape index (κ1) is 34.6. The summed E-state index contributed by atoms with van der Waals surface area (Å²) in [7, 11) is 1.33. The van der Waals surface area contributed by atoms with Crippen LogP contribution < -0.4 is 5.32 Å². The van der Waals surface area contributed by atoms with Crippen LogP contribution >= 0.6 is 0 Å². The van der Waals surface area contributed by atoms with Crippen molar-refractivity contribution in [2.24, 2.45) is 5.92 Å². The lowest BCUT2D eigenvalue weighted by Gasteiger charge is -2.34. The van der Waals surface area contributed by atoms with Crippen LogP contribution in [0.3, 0.4) is 0 Å². The molecule has 0 radical (unpaired) electrons. The van der Waals surface area contributed by atoms with Gasteiger partial charge in [0.25, 0.3) is 5.91 Å². The summed E-state index contributed by atoms with van der Waals surface area (Å²) in [5.41, 5.74) is 2.14. The number of carbonyl (C=O) groups excluding carboxylic acids is 3. The van der Waals surface area contributed by atoms with Gasteiger partial charge in [-0.15, -0.1) is 0 Å². The zero-order valence-corrected chi connectivity index (χ0v) is 24.2. The van der Waals surface area contributed by atoms with E-state index < -0.39 is 24.1 Å². The van der Waals surface area contributed by atoms with Crippen LogP contribution in [0.4, 0.5) is 28.4 Å². The SMILES string of the molecule is CC(C)CCN(C(=O)c1ccc(NC(=O)N2CCN(Cc3ccccc3)CC2)cc1)C(=O)N(C)C#N.O=C(O)C(F)(F)F. The third-order valence-corrected chi connectivity index (χ3v) is 6.38. The van der Waals surface area contributed by atoms with Crippen LogP contribution in [0.1, 0.15) is 36.2 Å². The van der Waals surface area contributed by atoms with E-state index in [-0.39, 0.29) is 12.6 Å². The van der Waals surface area contributed by atoms with Crippen LogP contribution in [0.2, 0.25) is 0 Å². The molecule has 2 N–H and O–H groups in total. The van der Waals surface area contributed by atoms with Crippen molar-refractivity contribution in [1.82, 2.24) is 19.6 Å². The fourth-order valence-electron chi connectivity index (χ4n) is 3.90. The molecule has 0 saturated carbocycles. The van der Waals surface area contributed by atoms with Crippen molar-refractivity contribution >= 4 is 29.6 Å². The second-order valence-electron chi connectivity index (χ2n) is 10.1. The van der Waals surface area contributed by atoms with Gasteiger partial charge in [-0.25, -0.2) is 19.3 Å². The molecule has 1 aliphatic rings. The number of nitriles is 1. The number of rotatable bonds is 7. The normalized spacial score (nSPS) is 13.3. The van der Waals surface area contributed by atoms with Gasteiger partial charge >= 0.3 is 24.2 Å². The van der Waals surface area contributed by atoms with Gasteiger partial charge in [0, 0.05) is 57.6 Å². The summed E-state index contributed by atoms with van der Waals surface area (Å²) in [4.78, 5) is 53.3. The first-order valence-corrected chi connectivity index (χ1v) is 13.4. The number of benzene rings is 2. The summed E-state index contributed by atoms with van der Waals surface area (Å²) in [5.74, 6) is -2.94. The summed E-state index contributed by atoms with van der Waals surface area (Å²) in [6.07, 6.45) is -2.70. The molecule has 0 aliphatic carbocycles. The number of piperazine rings is 1. The van der Waals surface area contributed by atoms with Crippen molar-refractivity contribution in [2.75, 3.05) is 45.1 Å². The molecule has 43 heavy (non-hydrogen) atoms. The summed E-state index contributed by atoms with van der Waals surface area (Å²) >= 11 is 0. The highest BCUT2D eigenvalue weighted by atomic mass is 19.4. The topological polar surface area (TPSA) is 137 Å². The van der Waals surface area contributed by atoms with E-state index in [0.717, 1.165) is 29.4 Å². The Kier molecular flexibility index (Phi) is 13.0. The number of hydrogen-bond donors (Lipinski definition) is 2. The number of carboxylic acids is 1. The van der Waals surface area contributed by atoms with Gasteiger partial charge in [-0.3, -0.25) is 14.6 Å². The number of aliphatic carboxylic acids is 1. The second-order valence-corrected chi connectivity index (χ2v) is 10.1. The van der Waals surface area contributed by atoms with Gasteiger partial charge in [-0.05, 0) is 42.2 Å². The molecule has 0 atom stereocenters. The number of imide groups is 1. The standard InChI is InChI=1S/C27H34N6O3.C2HF3O2/c1-21(2)13-14-33(27(36)30(3)20-28)25(34)23-9-11-24(12-10-23)29-26(35)32-17-15-31(16-18-32)19-22-7-5-4-6-8-22;3-2(4,5)1(6)7/h4-12,21H,13-19H2,1-3H3,(H,29,35);(H,6,7). The Morgan fingerprint density at radius 2 is 1.56 bits per heavy atom. The van der Waals surface area contributed by atoms with Crippen molar-refractivity contribution < 1.29 is 37.5 Å². The molecule has 3 rings (SSSR count). The Morgan fingerprint density at radius 3 is 2.05 bits per heavy atom. The molecule has 1 aliphatic heterocycles. The third-order valence-electron chi connectivity index (χ3n) is 6.38. The number of anilines is 1. The molecule has 2 aromatic carbocycles.